The second-order valence-electron chi connectivity index (χ2n) is 14.2. The first-order valence-electron chi connectivity index (χ1n) is 17.9. The van der Waals surface area contributed by atoms with Crippen LogP contribution in [0.4, 0.5) is 4.39 Å². The van der Waals surface area contributed by atoms with Crippen LogP contribution in [0.25, 0.3) is 0 Å². The molecule has 1 N–H and O–H groups in total. The maximum atomic E-state index is 14.0. The molecular weight excluding hydrogens is 666 g/mol. The molecule has 0 fully saturated rings. The molecule has 3 aromatic rings. The van der Waals surface area contributed by atoms with E-state index in [0.717, 1.165) is 36.0 Å². The van der Waals surface area contributed by atoms with Crippen LogP contribution in [0.1, 0.15) is 135 Å². The third-order valence-electron chi connectivity index (χ3n) is 9.95. The summed E-state index contributed by atoms with van der Waals surface area (Å²) in [5.41, 5.74) is 7.40. The van der Waals surface area contributed by atoms with Crippen LogP contribution in [-0.4, -0.2) is 30.9 Å². The van der Waals surface area contributed by atoms with Crippen molar-refractivity contribution in [1.29, 1.82) is 0 Å². The maximum Gasteiger partial charge on any atom is 0.278 e. The zero-order valence-electron chi connectivity index (χ0n) is 31.1. The molecule has 0 saturated heterocycles. The van der Waals surface area contributed by atoms with Gasteiger partial charge in [-0.05, 0) is 103 Å². The van der Waals surface area contributed by atoms with Gasteiger partial charge in [-0.2, -0.15) is 0 Å². The highest BCUT2D eigenvalue weighted by Gasteiger charge is 2.36. The van der Waals surface area contributed by atoms with Crippen molar-refractivity contribution in [3.8, 4) is 0 Å². The fourth-order valence-corrected chi connectivity index (χ4v) is 8.31. The average Bonchev–Trinajstić information content (AvgIpc) is 3.15. The fourth-order valence-electron chi connectivity index (χ4n) is 7.40. The number of carbonyl (C=O) groups is 3. The first kappa shape index (κ1) is 41.2. The Balaban J connectivity index is 0.000000319. The molecule has 0 aromatic heterocycles. The average molecular weight is 721 g/mol. The number of hydrogen-bond donors (Lipinski definition) is 1. The Morgan fingerprint density at radius 1 is 1.08 bits per heavy atom. The number of nitrogens with one attached hydrogen (secondary N) is 1. The topological polar surface area (TPSA) is 75.6 Å². The molecule has 3 aromatic carbocycles. The van der Waals surface area contributed by atoms with Crippen molar-refractivity contribution in [2.45, 2.75) is 117 Å². The number of aldehydes is 1. The van der Waals surface area contributed by atoms with Gasteiger partial charge in [0.25, 0.3) is 5.91 Å². The summed E-state index contributed by atoms with van der Waals surface area (Å²) in [7, 11) is 3.95. The number of aliphatic imine (C=N–C) groups is 1. The van der Waals surface area contributed by atoms with Gasteiger partial charge in [-0.15, -0.1) is 9.24 Å². The lowest BCUT2D eigenvalue weighted by Crippen LogP contribution is -2.34. The first-order valence-corrected chi connectivity index (χ1v) is 18.9. The number of hydrogen-bond acceptors (Lipinski definition) is 3. The number of halogens is 2. The minimum Gasteiger partial charge on any atom is -0.359 e. The quantitative estimate of drug-likeness (QED) is 0.122. The molecule has 270 valence electrons. The van der Waals surface area contributed by atoms with Crippen molar-refractivity contribution < 1.29 is 18.8 Å². The highest BCUT2D eigenvalue weighted by Crippen LogP contribution is 2.39. The molecule has 4 rings (SSSR count). The molecule has 1 aliphatic rings. The van der Waals surface area contributed by atoms with Crippen LogP contribution in [0.15, 0.2) is 53.5 Å². The zero-order chi connectivity index (χ0) is 37.2. The molecule has 0 saturated carbocycles. The third-order valence-corrected chi connectivity index (χ3v) is 10.7. The maximum absolute atomic E-state index is 14.0. The van der Waals surface area contributed by atoms with E-state index >= 15 is 0 Å². The predicted molar refractivity (Wildman–Crippen MR) is 210 cm³/mol. The highest BCUT2D eigenvalue weighted by molar-refractivity contribution is 7.27. The highest BCUT2D eigenvalue weighted by atomic mass is 35.5. The van der Waals surface area contributed by atoms with Crippen LogP contribution >= 0.6 is 20.8 Å². The van der Waals surface area contributed by atoms with E-state index in [-0.39, 0.29) is 29.6 Å². The van der Waals surface area contributed by atoms with Gasteiger partial charge in [0.15, 0.2) is 0 Å². The first-order chi connectivity index (χ1) is 23.7. The second kappa shape index (κ2) is 18.9. The molecule has 0 radical (unpaired) electrons. The largest absolute Gasteiger partial charge is 0.359 e. The Bertz CT molecular complexity index is 1650. The minimum atomic E-state index is -0.631. The molecule has 50 heavy (non-hydrogen) atoms. The molecule has 3 unspecified atom stereocenters. The fraction of sp³-hybridized carbons (Fsp3) is 0.476. The van der Waals surface area contributed by atoms with Crippen molar-refractivity contribution in [1.82, 2.24) is 5.32 Å². The Morgan fingerprint density at radius 2 is 1.76 bits per heavy atom. The van der Waals surface area contributed by atoms with Gasteiger partial charge in [0.2, 0.25) is 5.91 Å². The van der Waals surface area contributed by atoms with Gasteiger partial charge in [-0.1, -0.05) is 95.5 Å². The molecule has 0 spiro atoms. The van der Waals surface area contributed by atoms with E-state index in [2.05, 4.69) is 67.4 Å². The van der Waals surface area contributed by atoms with E-state index in [0.29, 0.717) is 33.8 Å². The lowest BCUT2D eigenvalue weighted by molar-refractivity contribution is -0.122. The van der Waals surface area contributed by atoms with Gasteiger partial charge in [0.1, 0.15) is 12.1 Å². The number of benzene rings is 3. The smallest absolute Gasteiger partial charge is 0.278 e. The summed E-state index contributed by atoms with van der Waals surface area (Å²) in [6, 6.07) is 15.8. The van der Waals surface area contributed by atoms with Gasteiger partial charge < -0.3 is 10.1 Å². The van der Waals surface area contributed by atoms with Crippen molar-refractivity contribution >= 4 is 50.0 Å². The van der Waals surface area contributed by atoms with Gasteiger partial charge in [0.05, 0.1) is 16.5 Å². The number of fused-ring (bicyclic) bond motifs is 1. The van der Waals surface area contributed by atoms with Crippen molar-refractivity contribution in [3.63, 3.8) is 0 Å². The number of carbonyl (C=O) groups excluding carboxylic acids is 3. The van der Waals surface area contributed by atoms with Gasteiger partial charge in [0, 0.05) is 30.2 Å². The molecule has 8 heteroatoms. The van der Waals surface area contributed by atoms with Gasteiger partial charge >= 0.3 is 0 Å². The Labute approximate surface area is 306 Å². The van der Waals surface area contributed by atoms with Crippen LogP contribution in [0.5, 0.6) is 0 Å². The lowest BCUT2D eigenvalue weighted by Gasteiger charge is -2.30. The second-order valence-corrected chi connectivity index (χ2v) is 15.2. The number of likely N-dealkylation sites (N-methyl/N-ethyl adjacent to an activating group) is 1. The lowest BCUT2D eigenvalue weighted by atomic mass is 9.75. The number of rotatable bonds is 11. The van der Waals surface area contributed by atoms with Crippen molar-refractivity contribution in [2.24, 2.45) is 10.9 Å². The van der Waals surface area contributed by atoms with Crippen LogP contribution in [0, 0.1) is 25.6 Å². The molecule has 2 amide bonds. The number of amides is 2. The summed E-state index contributed by atoms with van der Waals surface area (Å²) in [5, 5.41) is 3.64. The molecular formula is C42H55ClFN2O3P. The van der Waals surface area contributed by atoms with E-state index in [4.69, 9.17) is 16.6 Å². The summed E-state index contributed by atoms with van der Waals surface area (Å²) in [5.74, 6) is -0.670. The third kappa shape index (κ3) is 9.98. The summed E-state index contributed by atoms with van der Waals surface area (Å²) in [6.07, 6.45) is 8.21. The molecule has 1 aliphatic carbocycles. The Morgan fingerprint density at radius 3 is 2.34 bits per heavy atom. The summed E-state index contributed by atoms with van der Waals surface area (Å²) < 4.78 is 14.0. The zero-order valence-corrected chi connectivity index (χ0v) is 33.0. The van der Waals surface area contributed by atoms with Crippen molar-refractivity contribution in [2.75, 3.05) is 7.05 Å². The van der Waals surface area contributed by atoms with E-state index < -0.39 is 11.7 Å². The molecule has 5 nitrogen and oxygen atoms in total. The normalized spacial score (nSPS) is 16.6. The summed E-state index contributed by atoms with van der Waals surface area (Å²) in [4.78, 5) is 40.2. The minimum absolute atomic E-state index is 0.228. The molecule has 0 aliphatic heterocycles. The standard InChI is InChI=1S/C29H38ClNO.C13H17FNO2P/c1-7-10-21(11-8-2)22-16-17-24-23(18-22)15-14-20(4)27(29(24,5)6)31-28(32)26-19(3)12-9-13-25(26)30;1-8-6-10(14)12(11(18)7-8)9(4-3-5-16)13(17)15-2/h9,12-13,16-18,20-21H,7-8,10-11,14-15H2,1-6H3;5-7,9H,3-4,18H2,1-2H3,(H,15,17). The van der Waals surface area contributed by atoms with Crippen LogP contribution in [0.2, 0.25) is 5.02 Å². The monoisotopic (exact) mass is 720 g/mol. The van der Waals surface area contributed by atoms with Gasteiger partial charge in [-0.3, -0.25) is 9.59 Å². The molecule has 0 bridgehead atoms. The summed E-state index contributed by atoms with van der Waals surface area (Å²) >= 11 is 6.37. The Kier molecular flexibility index (Phi) is 15.5. The molecule has 0 heterocycles. The van der Waals surface area contributed by atoms with E-state index in [1.54, 1.807) is 19.1 Å². The Hall–Kier alpha value is -3.21. The van der Waals surface area contributed by atoms with Gasteiger partial charge in [-0.25, -0.2) is 9.38 Å². The SMILES string of the molecule is CCCC(CCC)c1ccc2c(c1)CCC(C)C(=NC(=O)c1c(C)cccc1Cl)C2(C)C.CNC(=O)C(CCC=O)c1c(F)cc(C)cc1P. The predicted octanol–water partition coefficient (Wildman–Crippen LogP) is 9.92. The van der Waals surface area contributed by atoms with E-state index in [1.807, 2.05) is 19.1 Å². The number of nitrogens with zero attached hydrogens (tertiary/aromatic N) is 1. The van der Waals surface area contributed by atoms with Crippen LogP contribution < -0.4 is 10.6 Å². The number of aryl methyl sites for hydroxylation is 3. The summed E-state index contributed by atoms with van der Waals surface area (Å²) in [6.45, 7) is 14.9. The van der Waals surface area contributed by atoms with Crippen molar-refractivity contribution in [3.05, 3.63) is 98.3 Å². The van der Waals surface area contributed by atoms with Crippen LogP contribution in [0.3, 0.4) is 0 Å². The van der Waals surface area contributed by atoms with E-state index in [1.165, 1.54) is 55.5 Å². The van der Waals surface area contributed by atoms with Crippen LogP contribution in [-0.2, 0) is 21.4 Å². The van der Waals surface area contributed by atoms with E-state index in [9.17, 15) is 18.8 Å². The molecule has 3 atom stereocenters.